The van der Waals surface area contributed by atoms with Crippen molar-refractivity contribution in [3.8, 4) is 5.75 Å². The Morgan fingerprint density at radius 3 is 2.30 bits per heavy atom. The standard InChI is InChI=1S/C20H30N2O4S/c1-26-18-9-11-19(12-10-18)27(24,25)21-15-16-5-7-17(8-6-16)20(23)22-13-3-2-4-14-22/h9-12,16-17,21H,2-8,13-15H2,1H3. The molecule has 3 rings (SSSR count). The highest BCUT2D eigenvalue weighted by Crippen LogP contribution is 2.30. The van der Waals surface area contributed by atoms with Gasteiger partial charge < -0.3 is 9.64 Å². The maximum Gasteiger partial charge on any atom is 0.240 e. The van der Waals surface area contributed by atoms with Crippen LogP contribution in [0.3, 0.4) is 0 Å². The second-order valence-electron chi connectivity index (χ2n) is 7.63. The van der Waals surface area contributed by atoms with Crippen LogP contribution in [0.2, 0.25) is 0 Å². The Morgan fingerprint density at radius 2 is 1.70 bits per heavy atom. The molecule has 2 aliphatic rings. The van der Waals surface area contributed by atoms with E-state index in [1.807, 2.05) is 4.90 Å². The van der Waals surface area contributed by atoms with Gasteiger partial charge in [-0.25, -0.2) is 13.1 Å². The number of carbonyl (C=O) groups excluding carboxylic acids is 1. The first-order valence-electron chi connectivity index (χ1n) is 9.92. The third kappa shape index (κ3) is 5.23. The highest BCUT2D eigenvalue weighted by molar-refractivity contribution is 7.89. The van der Waals surface area contributed by atoms with Crippen LogP contribution in [0, 0.1) is 11.8 Å². The Morgan fingerprint density at radius 1 is 1.07 bits per heavy atom. The predicted octanol–water partition coefficient (Wildman–Crippen LogP) is 2.79. The van der Waals surface area contributed by atoms with E-state index in [0.29, 0.717) is 24.1 Å². The molecule has 27 heavy (non-hydrogen) atoms. The maximum atomic E-state index is 12.6. The fourth-order valence-corrected chi connectivity index (χ4v) is 5.17. The molecule has 0 unspecified atom stereocenters. The van der Waals surface area contributed by atoms with Crippen LogP contribution in [0.5, 0.6) is 5.75 Å². The van der Waals surface area contributed by atoms with Crippen LogP contribution in [-0.2, 0) is 14.8 Å². The van der Waals surface area contributed by atoms with Crippen LogP contribution in [0.15, 0.2) is 29.2 Å². The molecule has 1 aliphatic heterocycles. The fraction of sp³-hybridized carbons (Fsp3) is 0.650. The normalized spacial score (nSPS) is 23.8. The molecule has 1 saturated carbocycles. The van der Waals surface area contributed by atoms with E-state index < -0.39 is 10.0 Å². The minimum Gasteiger partial charge on any atom is -0.497 e. The number of rotatable bonds is 6. The van der Waals surface area contributed by atoms with Crippen molar-refractivity contribution in [2.24, 2.45) is 11.8 Å². The molecule has 150 valence electrons. The fourth-order valence-electron chi connectivity index (χ4n) is 4.05. The maximum absolute atomic E-state index is 12.6. The lowest BCUT2D eigenvalue weighted by Gasteiger charge is -2.34. The number of ether oxygens (including phenoxy) is 1. The summed E-state index contributed by atoms with van der Waals surface area (Å²) in [6, 6.07) is 6.39. The molecule has 1 aliphatic carbocycles. The molecule has 2 fully saturated rings. The summed E-state index contributed by atoms with van der Waals surface area (Å²) in [6.45, 7) is 2.24. The highest BCUT2D eigenvalue weighted by atomic mass is 32.2. The van der Waals surface area contributed by atoms with Crippen molar-refractivity contribution in [2.75, 3.05) is 26.7 Å². The number of amides is 1. The van der Waals surface area contributed by atoms with Crippen LogP contribution in [0.25, 0.3) is 0 Å². The topological polar surface area (TPSA) is 75.7 Å². The predicted molar refractivity (Wildman–Crippen MR) is 104 cm³/mol. The summed E-state index contributed by atoms with van der Waals surface area (Å²) in [5.74, 6) is 1.36. The molecule has 1 N–H and O–H groups in total. The van der Waals surface area contributed by atoms with E-state index in [-0.39, 0.29) is 10.8 Å². The number of likely N-dealkylation sites (tertiary alicyclic amines) is 1. The lowest BCUT2D eigenvalue weighted by Crippen LogP contribution is -2.41. The molecule has 1 saturated heterocycles. The molecule has 1 aromatic rings. The van der Waals surface area contributed by atoms with Crippen molar-refractivity contribution >= 4 is 15.9 Å². The Kier molecular flexibility index (Phi) is 6.76. The van der Waals surface area contributed by atoms with Crippen molar-refractivity contribution in [1.82, 2.24) is 9.62 Å². The number of nitrogens with zero attached hydrogens (tertiary/aromatic N) is 1. The van der Waals surface area contributed by atoms with Crippen molar-refractivity contribution in [3.05, 3.63) is 24.3 Å². The zero-order valence-electron chi connectivity index (χ0n) is 16.0. The van der Waals surface area contributed by atoms with Crippen LogP contribution >= 0.6 is 0 Å². The Labute approximate surface area is 162 Å². The van der Waals surface area contributed by atoms with Gasteiger partial charge in [-0.15, -0.1) is 0 Å². The number of piperidine rings is 1. The zero-order chi connectivity index (χ0) is 19.3. The number of hydrogen-bond acceptors (Lipinski definition) is 4. The largest absolute Gasteiger partial charge is 0.497 e. The zero-order valence-corrected chi connectivity index (χ0v) is 16.8. The first-order valence-corrected chi connectivity index (χ1v) is 11.4. The van der Waals surface area contributed by atoms with Gasteiger partial charge in [0.25, 0.3) is 0 Å². The van der Waals surface area contributed by atoms with Crippen LogP contribution in [0.1, 0.15) is 44.9 Å². The molecule has 6 nitrogen and oxygen atoms in total. The van der Waals surface area contributed by atoms with E-state index in [9.17, 15) is 13.2 Å². The van der Waals surface area contributed by atoms with Gasteiger partial charge in [0.1, 0.15) is 5.75 Å². The number of benzene rings is 1. The molecule has 1 heterocycles. The number of hydrogen-bond donors (Lipinski definition) is 1. The number of carbonyl (C=O) groups is 1. The summed E-state index contributed by atoms with van der Waals surface area (Å²) in [6.07, 6.45) is 6.99. The molecule has 0 bridgehead atoms. The number of sulfonamides is 1. The summed E-state index contributed by atoms with van der Waals surface area (Å²) in [4.78, 5) is 14.9. The Balaban J connectivity index is 1.46. The molecule has 0 radical (unpaired) electrons. The molecule has 0 aromatic heterocycles. The molecule has 1 aromatic carbocycles. The first-order chi connectivity index (χ1) is 13.0. The SMILES string of the molecule is COc1ccc(S(=O)(=O)NCC2CCC(C(=O)N3CCCCC3)CC2)cc1. The van der Waals surface area contributed by atoms with Crippen molar-refractivity contribution in [2.45, 2.75) is 49.8 Å². The monoisotopic (exact) mass is 394 g/mol. The van der Waals surface area contributed by atoms with E-state index >= 15 is 0 Å². The molecule has 0 atom stereocenters. The summed E-state index contributed by atoms with van der Waals surface area (Å²) in [5, 5.41) is 0. The molecule has 0 spiro atoms. The second-order valence-corrected chi connectivity index (χ2v) is 9.40. The molecule has 7 heteroatoms. The van der Waals surface area contributed by atoms with Gasteiger partial charge in [0, 0.05) is 25.6 Å². The van der Waals surface area contributed by atoms with Crippen LogP contribution in [-0.4, -0.2) is 46.0 Å². The van der Waals surface area contributed by atoms with Gasteiger partial charge in [-0.1, -0.05) is 0 Å². The van der Waals surface area contributed by atoms with Crippen LogP contribution < -0.4 is 9.46 Å². The van der Waals surface area contributed by atoms with Gasteiger partial charge in [-0.3, -0.25) is 4.79 Å². The smallest absolute Gasteiger partial charge is 0.240 e. The van der Waals surface area contributed by atoms with Crippen molar-refractivity contribution < 1.29 is 17.9 Å². The van der Waals surface area contributed by atoms with Crippen molar-refractivity contribution in [3.63, 3.8) is 0 Å². The Bertz CT molecular complexity index is 719. The average Bonchev–Trinajstić information content (AvgIpc) is 2.73. The van der Waals surface area contributed by atoms with Crippen molar-refractivity contribution in [1.29, 1.82) is 0 Å². The number of methoxy groups -OCH3 is 1. The van der Waals surface area contributed by atoms with E-state index in [2.05, 4.69) is 4.72 Å². The third-order valence-corrected chi connectivity index (χ3v) is 7.23. The summed E-state index contributed by atoms with van der Waals surface area (Å²) < 4.78 is 32.7. The summed E-state index contributed by atoms with van der Waals surface area (Å²) in [7, 11) is -1.96. The lowest BCUT2D eigenvalue weighted by molar-refractivity contribution is -0.137. The van der Waals surface area contributed by atoms with Gasteiger partial charge in [-0.05, 0) is 75.1 Å². The molecular formula is C20H30N2O4S. The van der Waals surface area contributed by atoms with Gasteiger partial charge in [0.05, 0.1) is 12.0 Å². The number of nitrogens with one attached hydrogen (secondary N) is 1. The minimum absolute atomic E-state index is 0.123. The van der Waals surface area contributed by atoms with E-state index in [1.54, 1.807) is 31.4 Å². The molecule has 1 amide bonds. The summed E-state index contributed by atoms with van der Waals surface area (Å²) in [5.41, 5.74) is 0. The van der Waals surface area contributed by atoms with Gasteiger partial charge in [0.15, 0.2) is 0 Å². The second kappa shape index (κ2) is 9.06. The highest BCUT2D eigenvalue weighted by Gasteiger charge is 2.30. The summed E-state index contributed by atoms with van der Waals surface area (Å²) >= 11 is 0. The van der Waals surface area contributed by atoms with E-state index in [4.69, 9.17) is 4.74 Å². The van der Waals surface area contributed by atoms with Gasteiger partial charge in [0.2, 0.25) is 15.9 Å². The van der Waals surface area contributed by atoms with Crippen LogP contribution in [0.4, 0.5) is 0 Å². The van der Waals surface area contributed by atoms with E-state index in [0.717, 1.165) is 51.6 Å². The average molecular weight is 395 g/mol. The van der Waals surface area contributed by atoms with Gasteiger partial charge in [-0.2, -0.15) is 0 Å². The Hall–Kier alpha value is -1.60. The lowest BCUT2D eigenvalue weighted by atomic mass is 9.81. The minimum atomic E-state index is -3.51. The molecular weight excluding hydrogens is 364 g/mol. The first kappa shape index (κ1) is 20.1. The third-order valence-electron chi connectivity index (χ3n) is 5.80. The van der Waals surface area contributed by atoms with E-state index in [1.165, 1.54) is 6.42 Å². The van der Waals surface area contributed by atoms with Gasteiger partial charge >= 0.3 is 0 Å². The quantitative estimate of drug-likeness (QED) is 0.805.